The third-order valence-electron chi connectivity index (χ3n) is 6.87. The van der Waals surface area contributed by atoms with Gasteiger partial charge in [0.15, 0.2) is 5.76 Å². The molecule has 0 amide bonds. The van der Waals surface area contributed by atoms with Crippen molar-refractivity contribution in [3.8, 4) is 0 Å². The first-order chi connectivity index (χ1) is 16.1. The summed E-state index contributed by atoms with van der Waals surface area (Å²) in [5.74, 6) is 1.44. The zero-order valence-corrected chi connectivity index (χ0v) is 20.5. The molecule has 2 aliphatic heterocycles. The summed E-state index contributed by atoms with van der Waals surface area (Å²) >= 11 is 12.3. The number of halogens is 2. The second-order valence-electron chi connectivity index (χ2n) is 9.24. The van der Waals surface area contributed by atoms with E-state index in [1.807, 2.05) is 25.1 Å². The molecule has 33 heavy (non-hydrogen) atoms. The van der Waals surface area contributed by atoms with Gasteiger partial charge >= 0.3 is 0 Å². The summed E-state index contributed by atoms with van der Waals surface area (Å²) in [6.07, 6.45) is 6.59. The summed E-state index contributed by atoms with van der Waals surface area (Å²) in [7, 11) is 0. The van der Waals surface area contributed by atoms with Crippen molar-refractivity contribution < 1.29 is 4.42 Å². The Kier molecular flexibility index (Phi) is 6.86. The van der Waals surface area contributed by atoms with E-state index in [4.69, 9.17) is 27.6 Å². The summed E-state index contributed by atoms with van der Waals surface area (Å²) < 4.78 is 6.07. The van der Waals surface area contributed by atoms with Gasteiger partial charge in [0.25, 0.3) is 0 Å². The lowest BCUT2D eigenvalue weighted by atomic mass is 9.89. The van der Waals surface area contributed by atoms with Crippen LogP contribution in [0.2, 0.25) is 10.0 Å². The molecule has 1 aromatic heterocycles. The van der Waals surface area contributed by atoms with Gasteiger partial charge < -0.3 is 9.32 Å². The molecule has 172 valence electrons. The van der Waals surface area contributed by atoms with Crippen LogP contribution in [0.5, 0.6) is 0 Å². The van der Waals surface area contributed by atoms with Crippen LogP contribution in [-0.2, 0) is 6.42 Å². The number of nitrogens with zero attached hydrogens (tertiary/aromatic N) is 3. The van der Waals surface area contributed by atoms with Crippen molar-refractivity contribution in [2.75, 3.05) is 19.6 Å². The van der Waals surface area contributed by atoms with Gasteiger partial charge in [-0.3, -0.25) is 0 Å². The van der Waals surface area contributed by atoms with Gasteiger partial charge in [-0.05, 0) is 100.0 Å². The third-order valence-corrected chi connectivity index (χ3v) is 7.61. The second-order valence-corrected chi connectivity index (χ2v) is 10.1. The first-order valence-corrected chi connectivity index (χ1v) is 12.6. The van der Waals surface area contributed by atoms with E-state index in [0.29, 0.717) is 16.0 Å². The number of hydrogen-bond donors (Lipinski definition) is 0. The Morgan fingerprint density at radius 3 is 2.61 bits per heavy atom. The summed E-state index contributed by atoms with van der Waals surface area (Å²) in [6.45, 7) is 5.46. The molecule has 2 aromatic carbocycles. The molecule has 0 saturated carbocycles. The SMILES string of the molecule is CC1=NN=C(c2cc3c(CCCCN4CCC(c5ccc(Cl)c(Cl)c5)CC4)cccc3o2)C1. The number of fused-ring (bicyclic) bond motifs is 1. The average Bonchev–Trinajstić information content (AvgIpc) is 3.45. The molecule has 3 heterocycles. The molecule has 3 aromatic rings. The Morgan fingerprint density at radius 1 is 1.00 bits per heavy atom. The topological polar surface area (TPSA) is 41.1 Å². The maximum Gasteiger partial charge on any atom is 0.151 e. The fraction of sp³-hybridized carbons (Fsp3) is 0.407. The van der Waals surface area contributed by atoms with Crippen LogP contribution in [0, 0.1) is 0 Å². The first-order valence-electron chi connectivity index (χ1n) is 11.9. The Balaban J connectivity index is 1.11. The molecule has 0 bridgehead atoms. The van der Waals surface area contributed by atoms with Gasteiger partial charge in [-0.2, -0.15) is 10.2 Å². The maximum atomic E-state index is 6.21. The zero-order chi connectivity index (χ0) is 22.8. The Labute approximate surface area is 205 Å². The van der Waals surface area contributed by atoms with Crippen LogP contribution in [0.25, 0.3) is 11.0 Å². The molecular formula is C27H29Cl2N3O. The number of rotatable bonds is 7. The lowest BCUT2D eigenvalue weighted by molar-refractivity contribution is 0.209. The zero-order valence-electron chi connectivity index (χ0n) is 19.0. The largest absolute Gasteiger partial charge is 0.455 e. The van der Waals surface area contributed by atoms with Gasteiger partial charge in [-0.25, -0.2) is 0 Å². The lowest BCUT2D eigenvalue weighted by Crippen LogP contribution is -2.33. The van der Waals surface area contributed by atoms with Crippen molar-refractivity contribution >= 4 is 45.6 Å². The number of piperidine rings is 1. The monoisotopic (exact) mass is 481 g/mol. The van der Waals surface area contributed by atoms with Crippen LogP contribution >= 0.6 is 23.2 Å². The highest BCUT2D eigenvalue weighted by Crippen LogP contribution is 2.32. The maximum absolute atomic E-state index is 6.21. The van der Waals surface area contributed by atoms with Gasteiger partial charge in [0.2, 0.25) is 0 Å². The van der Waals surface area contributed by atoms with Crippen molar-refractivity contribution in [1.29, 1.82) is 0 Å². The van der Waals surface area contributed by atoms with E-state index in [1.54, 1.807) is 0 Å². The Morgan fingerprint density at radius 2 is 1.85 bits per heavy atom. The van der Waals surface area contributed by atoms with Crippen LogP contribution in [0.1, 0.15) is 61.8 Å². The fourth-order valence-corrected chi connectivity index (χ4v) is 5.29. The fourth-order valence-electron chi connectivity index (χ4n) is 4.98. The van der Waals surface area contributed by atoms with Gasteiger partial charge in [-0.1, -0.05) is 41.4 Å². The molecule has 0 radical (unpaired) electrons. The molecular weight excluding hydrogens is 453 g/mol. The molecule has 1 saturated heterocycles. The van der Waals surface area contributed by atoms with Gasteiger partial charge in [0.05, 0.1) is 10.0 Å². The van der Waals surface area contributed by atoms with Crippen LogP contribution in [0.15, 0.2) is 57.1 Å². The quantitative estimate of drug-likeness (QED) is 0.327. The number of aryl methyl sites for hydroxylation is 1. The van der Waals surface area contributed by atoms with Crippen molar-refractivity contribution in [2.24, 2.45) is 10.2 Å². The van der Waals surface area contributed by atoms with E-state index in [0.717, 1.165) is 55.2 Å². The van der Waals surface area contributed by atoms with Crippen LogP contribution < -0.4 is 0 Å². The number of unbranched alkanes of at least 4 members (excludes halogenated alkanes) is 1. The minimum Gasteiger partial charge on any atom is -0.455 e. The molecule has 0 unspecified atom stereocenters. The Bertz CT molecular complexity index is 1210. The van der Waals surface area contributed by atoms with Crippen molar-refractivity contribution in [1.82, 2.24) is 4.90 Å². The average molecular weight is 482 g/mol. The molecule has 5 rings (SSSR count). The summed E-state index contributed by atoms with van der Waals surface area (Å²) in [5, 5.41) is 10.9. The number of furan rings is 1. The first kappa shape index (κ1) is 22.6. The standard InChI is InChI=1S/C27H29Cl2N3O/c1-18-15-25(31-30-18)27-17-22-20(6-4-7-26(22)33-27)5-2-3-12-32-13-10-19(11-14-32)21-8-9-23(28)24(29)16-21/h4,6-9,16-17,19H,2-3,5,10-15H2,1H3. The number of likely N-dealkylation sites (tertiary alicyclic amines) is 1. The van der Waals surface area contributed by atoms with E-state index in [-0.39, 0.29) is 0 Å². The summed E-state index contributed by atoms with van der Waals surface area (Å²) in [4.78, 5) is 2.60. The molecule has 1 fully saturated rings. The van der Waals surface area contributed by atoms with E-state index >= 15 is 0 Å². The van der Waals surface area contributed by atoms with Crippen molar-refractivity contribution in [3.05, 3.63) is 69.4 Å². The normalized spacial score (nSPS) is 17.5. The molecule has 0 spiro atoms. The third kappa shape index (κ3) is 5.18. The molecule has 0 aliphatic carbocycles. The Hall–Kier alpha value is -2.14. The molecule has 4 nitrogen and oxygen atoms in total. The molecule has 2 aliphatic rings. The minimum absolute atomic E-state index is 0.586. The summed E-state index contributed by atoms with van der Waals surface area (Å²) in [5.41, 5.74) is 5.59. The highest BCUT2D eigenvalue weighted by molar-refractivity contribution is 6.42. The summed E-state index contributed by atoms with van der Waals surface area (Å²) in [6, 6.07) is 14.6. The number of benzene rings is 2. The predicted octanol–water partition coefficient (Wildman–Crippen LogP) is 7.51. The van der Waals surface area contributed by atoms with E-state index in [1.165, 1.54) is 42.2 Å². The van der Waals surface area contributed by atoms with Crippen LogP contribution in [0.3, 0.4) is 0 Å². The smallest absolute Gasteiger partial charge is 0.151 e. The highest BCUT2D eigenvalue weighted by Gasteiger charge is 2.21. The minimum atomic E-state index is 0.586. The molecule has 6 heteroatoms. The van der Waals surface area contributed by atoms with Crippen LogP contribution in [-0.4, -0.2) is 36.0 Å². The van der Waals surface area contributed by atoms with Gasteiger partial charge in [0, 0.05) is 17.5 Å². The van der Waals surface area contributed by atoms with Gasteiger partial charge in [-0.15, -0.1) is 0 Å². The van der Waals surface area contributed by atoms with Crippen molar-refractivity contribution in [3.63, 3.8) is 0 Å². The van der Waals surface area contributed by atoms with E-state index in [9.17, 15) is 0 Å². The second kappa shape index (κ2) is 10.0. The number of hydrogen-bond acceptors (Lipinski definition) is 4. The van der Waals surface area contributed by atoms with E-state index < -0.39 is 0 Å². The van der Waals surface area contributed by atoms with Crippen LogP contribution in [0.4, 0.5) is 0 Å². The molecule has 0 N–H and O–H groups in total. The lowest BCUT2D eigenvalue weighted by Gasteiger charge is -2.32. The predicted molar refractivity (Wildman–Crippen MR) is 138 cm³/mol. The highest BCUT2D eigenvalue weighted by atomic mass is 35.5. The van der Waals surface area contributed by atoms with Crippen molar-refractivity contribution in [2.45, 2.75) is 51.4 Å². The van der Waals surface area contributed by atoms with Gasteiger partial charge in [0.1, 0.15) is 11.3 Å². The molecule has 0 atom stereocenters. The van der Waals surface area contributed by atoms with E-state index in [2.05, 4.69) is 39.4 Å².